The Morgan fingerprint density at radius 1 is 1.53 bits per heavy atom. The molecule has 1 aromatic rings. The van der Waals surface area contributed by atoms with E-state index in [9.17, 15) is 4.79 Å². The highest BCUT2D eigenvalue weighted by atomic mass is 79.9. The molecular weight excluding hydrogens is 284 g/mol. The van der Waals surface area contributed by atoms with E-state index >= 15 is 0 Å². The third-order valence-electron chi connectivity index (χ3n) is 3.77. The number of hydrogen-bond acceptors (Lipinski definition) is 3. The summed E-state index contributed by atoms with van der Waals surface area (Å²) in [6.07, 6.45) is 5.27. The number of aromatic nitrogens is 1. The van der Waals surface area contributed by atoms with Crippen LogP contribution >= 0.6 is 15.9 Å². The molecule has 0 amide bonds. The number of nitrogens with zero attached hydrogens (tertiary/aromatic N) is 2. The number of halogens is 1. The molecule has 0 spiro atoms. The molecule has 0 aromatic carbocycles. The van der Waals surface area contributed by atoms with E-state index in [4.69, 9.17) is 5.11 Å². The summed E-state index contributed by atoms with van der Waals surface area (Å²) < 4.78 is 0.609. The number of carboxylic acid groups (broad SMARTS) is 1. The highest BCUT2D eigenvalue weighted by Crippen LogP contribution is 2.40. The molecule has 2 unspecified atom stereocenters. The molecule has 1 aliphatic carbocycles. The zero-order chi connectivity index (χ0) is 12.0. The van der Waals surface area contributed by atoms with E-state index in [1.165, 1.54) is 25.5 Å². The predicted octanol–water partition coefficient (Wildman–Crippen LogP) is 2.53. The van der Waals surface area contributed by atoms with Crippen LogP contribution in [0.2, 0.25) is 0 Å². The second kappa shape index (κ2) is 3.98. The van der Waals surface area contributed by atoms with Crippen molar-refractivity contribution in [1.82, 2.24) is 4.98 Å². The summed E-state index contributed by atoms with van der Waals surface area (Å²) in [6.45, 7) is 1.07. The molecule has 2 atom stereocenters. The number of hydrogen-bond donors (Lipinski definition) is 1. The quantitative estimate of drug-likeness (QED) is 0.911. The van der Waals surface area contributed by atoms with Gasteiger partial charge in [-0.25, -0.2) is 9.78 Å². The number of aromatic carboxylic acids is 1. The van der Waals surface area contributed by atoms with Crippen LogP contribution in [0.25, 0.3) is 0 Å². The molecule has 2 bridgehead atoms. The number of carbonyl (C=O) groups is 1. The maximum atomic E-state index is 10.9. The molecule has 2 aliphatic rings. The van der Waals surface area contributed by atoms with E-state index in [1.807, 2.05) is 6.07 Å². The Morgan fingerprint density at radius 2 is 2.35 bits per heavy atom. The maximum absolute atomic E-state index is 10.9. The summed E-state index contributed by atoms with van der Waals surface area (Å²) in [7, 11) is 0. The lowest BCUT2D eigenvalue weighted by Gasteiger charge is -2.28. The second-order valence-corrected chi connectivity index (χ2v) is 5.67. The van der Waals surface area contributed by atoms with Crippen molar-refractivity contribution >= 4 is 27.7 Å². The van der Waals surface area contributed by atoms with Gasteiger partial charge in [-0.1, -0.05) is 0 Å². The molecule has 0 radical (unpaired) electrons. The van der Waals surface area contributed by atoms with Crippen LogP contribution < -0.4 is 4.90 Å². The van der Waals surface area contributed by atoms with E-state index < -0.39 is 5.97 Å². The minimum Gasteiger partial charge on any atom is -0.478 e. The minimum absolute atomic E-state index is 0.220. The van der Waals surface area contributed by atoms with Crippen molar-refractivity contribution in [3.05, 3.63) is 22.3 Å². The van der Waals surface area contributed by atoms with Gasteiger partial charge < -0.3 is 10.0 Å². The van der Waals surface area contributed by atoms with Gasteiger partial charge in [0.05, 0.1) is 5.56 Å². The minimum atomic E-state index is -0.945. The maximum Gasteiger partial charge on any atom is 0.338 e. The average molecular weight is 297 g/mol. The number of piperidine rings is 1. The Labute approximate surface area is 108 Å². The monoisotopic (exact) mass is 296 g/mol. The van der Waals surface area contributed by atoms with Crippen molar-refractivity contribution in [2.45, 2.75) is 25.3 Å². The summed E-state index contributed by atoms with van der Waals surface area (Å²) in [6, 6.07) is 2.43. The van der Waals surface area contributed by atoms with Crippen molar-refractivity contribution in [3.63, 3.8) is 0 Å². The third-order valence-corrected chi connectivity index (χ3v) is 4.43. The molecule has 2 heterocycles. The van der Waals surface area contributed by atoms with Crippen LogP contribution in [0.4, 0.5) is 5.82 Å². The molecule has 90 valence electrons. The fourth-order valence-corrected chi connectivity index (χ4v) is 3.42. The van der Waals surface area contributed by atoms with Gasteiger partial charge >= 0.3 is 5.97 Å². The highest BCUT2D eigenvalue weighted by Gasteiger charge is 2.38. The number of rotatable bonds is 2. The molecule has 1 aromatic heterocycles. The molecule has 1 N–H and O–H groups in total. The fourth-order valence-electron chi connectivity index (χ4n) is 2.94. The first-order chi connectivity index (χ1) is 8.15. The topological polar surface area (TPSA) is 53.4 Å². The highest BCUT2D eigenvalue weighted by molar-refractivity contribution is 9.10. The molecular formula is C12H13BrN2O2. The predicted molar refractivity (Wildman–Crippen MR) is 67.4 cm³/mol. The Bertz CT molecular complexity index is 478. The molecule has 4 nitrogen and oxygen atoms in total. The zero-order valence-corrected chi connectivity index (χ0v) is 10.9. The molecule has 1 saturated heterocycles. The van der Waals surface area contributed by atoms with Crippen LogP contribution in [0.3, 0.4) is 0 Å². The summed E-state index contributed by atoms with van der Waals surface area (Å²) in [5.41, 5.74) is 0.220. The zero-order valence-electron chi connectivity index (χ0n) is 9.27. The summed E-state index contributed by atoms with van der Waals surface area (Å²) in [5.74, 6) is 0.757. The molecule has 1 aliphatic heterocycles. The van der Waals surface area contributed by atoms with Gasteiger partial charge in [0.15, 0.2) is 0 Å². The van der Waals surface area contributed by atoms with Crippen LogP contribution in [0.5, 0.6) is 0 Å². The Balaban J connectivity index is 1.89. The van der Waals surface area contributed by atoms with Gasteiger partial charge in [0.2, 0.25) is 0 Å². The first-order valence-corrected chi connectivity index (χ1v) is 6.60. The van der Waals surface area contributed by atoms with Crippen molar-refractivity contribution in [1.29, 1.82) is 0 Å². The van der Waals surface area contributed by atoms with Gasteiger partial charge in [-0.05, 0) is 47.2 Å². The molecule has 17 heavy (non-hydrogen) atoms. The van der Waals surface area contributed by atoms with Crippen molar-refractivity contribution < 1.29 is 9.90 Å². The Hall–Kier alpha value is -1.10. The van der Waals surface area contributed by atoms with Crippen LogP contribution in [-0.4, -0.2) is 28.6 Å². The normalized spacial score (nSPS) is 26.5. The first-order valence-electron chi connectivity index (χ1n) is 5.80. The standard InChI is InChI=1S/C12H13BrN2O2/c13-10-4-11(14-5-9(10)12(16)17)15-6-7-1-2-8(15)3-7/h4-5,7-8H,1-3,6H2,(H,16,17). The summed E-state index contributed by atoms with van der Waals surface area (Å²) >= 11 is 3.30. The van der Waals surface area contributed by atoms with Crippen LogP contribution in [0, 0.1) is 5.92 Å². The first kappa shape index (κ1) is 11.0. The van der Waals surface area contributed by atoms with Gasteiger partial charge in [-0.3, -0.25) is 0 Å². The van der Waals surface area contributed by atoms with E-state index in [0.29, 0.717) is 10.5 Å². The lowest BCUT2D eigenvalue weighted by atomic mass is 10.1. The van der Waals surface area contributed by atoms with Crippen molar-refractivity contribution in [3.8, 4) is 0 Å². The number of carboxylic acids is 1. The lowest BCUT2D eigenvalue weighted by Crippen LogP contribution is -2.32. The largest absolute Gasteiger partial charge is 0.478 e. The lowest BCUT2D eigenvalue weighted by molar-refractivity contribution is 0.0695. The summed E-state index contributed by atoms with van der Waals surface area (Å²) in [5, 5.41) is 8.94. The van der Waals surface area contributed by atoms with Crippen LogP contribution in [0.15, 0.2) is 16.7 Å². The molecule has 2 fully saturated rings. The van der Waals surface area contributed by atoms with Gasteiger partial charge in [0.25, 0.3) is 0 Å². The Morgan fingerprint density at radius 3 is 2.88 bits per heavy atom. The Kier molecular flexibility index (Phi) is 2.58. The van der Waals surface area contributed by atoms with Crippen molar-refractivity contribution in [2.75, 3.05) is 11.4 Å². The SMILES string of the molecule is O=C(O)c1cnc(N2CC3CCC2C3)cc1Br. The molecule has 1 saturated carbocycles. The smallest absolute Gasteiger partial charge is 0.338 e. The van der Waals surface area contributed by atoms with E-state index in [-0.39, 0.29) is 5.56 Å². The van der Waals surface area contributed by atoms with E-state index in [1.54, 1.807) is 0 Å². The van der Waals surface area contributed by atoms with Gasteiger partial charge in [0, 0.05) is 23.3 Å². The molecule has 5 heteroatoms. The third kappa shape index (κ3) is 1.82. The fraction of sp³-hybridized carbons (Fsp3) is 0.500. The number of anilines is 1. The number of pyridine rings is 1. The average Bonchev–Trinajstić information content (AvgIpc) is 2.89. The van der Waals surface area contributed by atoms with Crippen LogP contribution in [-0.2, 0) is 0 Å². The summed E-state index contributed by atoms with van der Waals surface area (Å²) in [4.78, 5) is 17.5. The van der Waals surface area contributed by atoms with Gasteiger partial charge in [-0.2, -0.15) is 0 Å². The van der Waals surface area contributed by atoms with Gasteiger partial charge in [0.1, 0.15) is 5.82 Å². The van der Waals surface area contributed by atoms with E-state index in [0.717, 1.165) is 18.3 Å². The van der Waals surface area contributed by atoms with Crippen molar-refractivity contribution in [2.24, 2.45) is 5.92 Å². The van der Waals surface area contributed by atoms with Gasteiger partial charge in [-0.15, -0.1) is 0 Å². The van der Waals surface area contributed by atoms with E-state index in [2.05, 4.69) is 25.8 Å². The number of fused-ring (bicyclic) bond motifs is 2. The van der Waals surface area contributed by atoms with Crippen LogP contribution in [0.1, 0.15) is 29.6 Å². The second-order valence-electron chi connectivity index (χ2n) is 4.81. The molecule has 3 rings (SSSR count).